The van der Waals surface area contributed by atoms with Crippen LogP contribution in [0.5, 0.6) is 23.1 Å². The van der Waals surface area contributed by atoms with Crippen molar-refractivity contribution in [3.63, 3.8) is 0 Å². The normalized spacial score (nSPS) is 13.1. The third-order valence-electron chi connectivity index (χ3n) is 9.30. The van der Waals surface area contributed by atoms with Crippen molar-refractivity contribution >= 4 is 24.4 Å². The van der Waals surface area contributed by atoms with Gasteiger partial charge in [-0.05, 0) is 115 Å². The van der Waals surface area contributed by atoms with Gasteiger partial charge in [-0.2, -0.15) is 0 Å². The molecule has 1 amide bonds. The number of benzene rings is 4. The molecule has 6 rings (SSSR count). The highest BCUT2D eigenvalue weighted by molar-refractivity contribution is 5.92. The highest BCUT2D eigenvalue weighted by atomic mass is 35.5. The Morgan fingerprint density at radius 1 is 0.774 bits per heavy atom. The standard InChI is InChI=1S/C44H46FN3O4.ClH/c1-31-5-14-40(15-6-31)50-24-19-35-7-11-38(32(2)25-35)29-47-20-22-48(23-21-47)43(49)18-10-37-26-33(3)44(34(4)27-37)52-42-17-16-41(28-46-42)51-30-36-8-12-39(45)13-9-36;/h5-18,25-28H,19-24,29-30H2,1-4H3;1H. The zero-order chi connectivity index (χ0) is 36.5. The molecule has 1 fully saturated rings. The molecule has 0 aliphatic carbocycles. The molecule has 0 bridgehead atoms. The van der Waals surface area contributed by atoms with Crippen molar-refractivity contribution in [1.29, 1.82) is 0 Å². The second-order valence-electron chi connectivity index (χ2n) is 13.4. The van der Waals surface area contributed by atoms with E-state index in [2.05, 4.69) is 54.1 Å². The quantitative estimate of drug-likeness (QED) is 0.112. The van der Waals surface area contributed by atoms with Crippen LogP contribution in [0, 0.1) is 33.5 Å². The highest BCUT2D eigenvalue weighted by Gasteiger charge is 2.20. The molecule has 9 heteroatoms. The van der Waals surface area contributed by atoms with E-state index >= 15 is 0 Å². The summed E-state index contributed by atoms with van der Waals surface area (Å²) in [6.45, 7) is 13.1. The van der Waals surface area contributed by atoms with Gasteiger partial charge in [-0.1, -0.05) is 48.0 Å². The maximum atomic E-state index is 13.1. The van der Waals surface area contributed by atoms with Crippen molar-refractivity contribution < 1.29 is 23.4 Å². The van der Waals surface area contributed by atoms with Crippen molar-refractivity contribution in [2.75, 3.05) is 32.8 Å². The van der Waals surface area contributed by atoms with E-state index in [4.69, 9.17) is 14.2 Å². The lowest BCUT2D eigenvalue weighted by atomic mass is 10.0. The number of ether oxygens (including phenoxy) is 3. The minimum absolute atomic E-state index is 0. The maximum Gasteiger partial charge on any atom is 0.246 e. The van der Waals surface area contributed by atoms with E-state index < -0.39 is 0 Å². The summed E-state index contributed by atoms with van der Waals surface area (Å²) in [5.74, 6) is 2.42. The number of amides is 1. The van der Waals surface area contributed by atoms with Gasteiger partial charge < -0.3 is 19.1 Å². The first-order chi connectivity index (χ1) is 25.2. The number of pyridine rings is 1. The highest BCUT2D eigenvalue weighted by Crippen LogP contribution is 2.30. The Balaban J connectivity index is 0.00000541. The van der Waals surface area contributed by atoms with Gasteiger partial charge in [-0.25, -0.2) is 9.37 Å². The van der Waals surface area contributed by atoms with Crippen molar-refractivity contribution in [3.05, 3.63) is 154 Å². The van der Waals surface area contributed by atoms with Crippen LogP contribution < -0.4 is 14.2 Å². The zero-order valence-electron chi connectivity index (χ0n) is 30.8. The number of piperazine rings is 1. The number of rotatable bonds is 13. The van der Waals surface area contributed by atoms with Crippen LogP contribution >= 0.6 is 12.4 Å². The summed E-state index contributed by atoms with van der Waals surface area (Å²) in [7, 11) is 0. The van der Waals surface area contributed by atoms with Crippen LogP contribution in [0.1, 0.15) is 44.5 Å². The smallest absolute Gasteiger partial charge is 0.246 e. The molecule has 53 heavy (non-hydrogen) atoms. The Bertz CT molecular complexity index is 1970. The first kappa shape index (κ1) is 39.0. The molecule has 5 aromatic rings. The topological polar surface area (TPSA) is 64.1 Å². The largest absolute Gasteiger partial charge is 0.493 e. The van der Waals surface area contributed by atoms with Gasteiger partial charge in [0.1, 0.15) is 29.7 Å². The van der Waals surface area contributed by atoms with Gasteiger partial charge in [0.05, 0.1) is 12.8 Å². The molecule has 0 unspecified atom stereocenters. The van der Waals surface area contributed by atoms with Crippen LogP contribution in [-0.2, 0) is 24.4 Å². The molecule has 0 atom stereocenters. The number of hydrogen-bond acceptors (Lipinski definition) is 6. The van der Waals surface area contributed by atoms with Gasteiger partial charge in [0.15, 0.2) is 0 Å². The molecule has 0 spiro atoms. The van der Waals surface area contributed by atoms with E-state index in [1.165, 1.54) is 34.4 Å². The Labute approximate surface area is 318 Å². The van der Waals surface area contributed by atoms with E-state index in [-0.39, 0.29) is 24.1 Å². The number of aryl methyl sites for hydroxylation is 4. The summed E-state index contributed by atoms with van der Waals surface area (Å²) >= 11 is 0. The van der Waals surface area contributed by atoms with Crippen LogP contribution in [-0.4, -0.2) is 53.5 Å². The summed E-state index contributed by atoms with van der Waals surface area (Å²) in [5.41, 5.74) is 8.80. The molecular weight excluding hydrogens is 689 g/mol. The molecule has 1 aliphatic rings. The minimum atomic E-state index is -0.277. The van der Waals surface area contributed by atoms with Gasteiger partial charge >= 0.3 is 0 Å². The van der Waals surface area contributed by atoms with E-state index in [0.29, 0.717) is 37.9 Å². The van der Waals surface area contributed by atoms with Crippen molar-refractivity contribution in [3.8, 4) is 23.1 Å². The number of aromatic nitrogens is 1. The average Bonchev–Trinajstić information content (AvgIpc) is 3.14. The lowest BCUT2D eigenvalue weighted by molar-refractivity contribution is -0.127. The fourth-order valence-electron chi connectivity index (χ4n) is 6.26. The van der Waals surface area contributed by atoms with Crippen molar-refractivity contribution in [2.24, 2.45) is 0 Å². The Morgan fingerprint density at radius 2 is 1.45 bits per heavy atom. The summed E-state index contributed by atoms with van der Waals surface area (Å²) in [6.07, 6.45) is 6.02. The number of carbonyl (C=O) groups is 1. The number of hydrogen-bond donors (Lipinski definition) is 0. The summed E-state index contributed by atoms with van der Waals surface area (Å²) in [6, 6.07) is 28.6. The van der Waals surface area contributed by atoms with Gasteiger partial charge in [-0.3, -0.25) is 9.69 Å². The molecule has 4 aromatic carbocycles. The lowest BCUT2D eigenvalue weighted by Gasteiger charge is -2.34. The summed E-state index contributed by atoms with van der Waals surface area (Å²) in [4.78, 5) is 21.9. The number of halogens is 2. The van der Waals surface area contributed by atoms with Crippen LogP contribution in [0.2, 0.25) is 0 Å². The molecule has 276 valence electrons. The van der Waals surface area contributed by atoms with E-state index in [0.717, 1.165) is 59.8 Å². The summed E-state index contributed by atoms with van der Waals surface area (Å²) < 4.78 is 31.0. The molecule has 1 aromatic heterocycles. The molecule has 2 heterocycles. The number of carbonyl (C=O) groups excluding carboxylic acids is 1. The van der Waals surface area contributed by atoms with Crippen LogP contribution in [0.3, 0.4) is 0 Å². The molecule has 7 nitrogen and oxygen atoms in total. The van der Waals surface area contributed by atoms with E-state index in [1.807, 2.05) is 49.1 Å². The van der Waals surface area contributed by atoms with Crippen molar-refractivity contribution in [1.82, 2.24) is 14.8 Å². The van der Waals surface area contributed by atoms with Crippen LogP contribution in [0.25, 0.3) is 6.08 Å². The lowest BCUT2D eigenvalue weighted by Crippen LogP contribution is -2.47. The predicted octanol–water partition coefficient (Wildman–Crippen LogP) is 9.23. The fraction of sp³-hybridized carbons (Fsp3) is 0.273. The minimum Gasteiger partial charge on any atom is -0.493 e. The van der Waals surface area contributed by atoms with E-state index in [9.17, 15) is 9.18 Å². The molecular formula is C44H47ClFN3O4. The first-order valence-corrected chi connectivity index (χ1v) is 17.8. The third kappa shape index (κ3) is 11.2. The predicted molar refractivity (Wildman–Crippen MR) is 211 cm³/mol. The third-order valence-corrected chi connectivity index (χ3v) is 9.30. The van der Waals surface area contributed by atoms with Gasteiger partial charge in [0.2, 0.25) is 11.8 Å². The molecule has 1 saturated heterocycles. The SMILES string of the molecule is Cc1ccc(OCCc2ccc(CN3CCN(C(=O)C=Cc4cc(C)c(Oc5ccc(OCc6ccc(F)cc6)cn5)c(C)c4)CC3)c(C)c2)cc1.Cl. The van der Waals surface area contributed by atoms with E-state index in [1.54, 1.807) is 36.5 Å². The molecule has 0 N–H and O–H groups in total. The summed E-state index contributed by atoms with van der Waals surface area (Å²) in [5, 5.41) is 0. The average molecular weight is 736 g/mol. The van der Waals surface area contributed by atoms with Crippen molar-refractivity contribution in [2.45, 2.75) is 47.3 Å². The van der Waals surface area contributed by atoms with Gasteiger partial charge in [0, 0.05) is 51.3 Å². The second-order valence-corrected chi connectivity index (χ2v) is 13.4. The Hall–Kier alpha value is -5.18. The van der Waals surface area contributed by atoms with Gasteiger partial charge in [0.25, 0.3) is 0 Å². The Kier molecular flexibility index (Phi) is 13.7. The molecule has 0 saturated carbocycles. The molecule has 1 aliphatic heterocycles. The molecule has 0 radical (unpaired) electrons. The zero-order valence-corrected chi connectivity index (χ0v) is 31.6. The van der Waals surface area contributed by atoms with Crippen LogP contribution in [0.15, 0.2) is 103 Å². The second kappa shape index (κ2) is 18.5. The fourth-order valence-corrected chi connectivity index (χ4v) is 6.26. The number of nitrogens with zero attached hydrogens (tertiary/aromatic N) is 3. The van der Waals surface area contributed by atoms with Gasteiger partial charge in [-0.15, -0.1) is 12.4 Å². The maximum absolute atomic E-state index is 13.1. The monoisotopic (exact) mass is 735 g/mol. The first-order valence-electron chi connectivity index (χ1n) is 17.8. The van der Waals surface area contributed by atoms with Crippen LogP contribution in [0.4, 0.5) is 4.39 Å². The Morgan fingerprint density at radius 3 is 2.11 bits per heavy atom.